The summed E-state index contributed by atoms with van der Waals surface area (Å²) in [5.74, 6) is 1.58. The Labute approximate surface area is 98.3 Å². The van der Waals surface area contributed by atoms with Crippen LogP contribution in [0.2, 0.25) is 0 Å². The summed E-state index contributed by atoms with van der Waals surface area (Å²) < 4.78 is 5.64. The van der Waals surface area contributed by atoms with E-state index in [4.69, 9.17) is 4.74 Å². The number of benzene rings is 1. The highest BCUT2D eigenvalue weighted by Crippen LogP contribution is 2.19. The molecular formula is C14H22O2. The van der Waals surface area contributed by atoms with Gasteiger partial charge in [-0.2, -0.15) is 0 Å². The Kier molecular flexibility index (Phi) is 5.33. The van der Waals surface area contributed by atoms with Crippen molar-refractivity contribution in [3.63, 3.8) is 0 Å². The van der Waals surface area contributed by atoms with Crippen molar-refractivity contribution in [2.75, 3.05) is 6.61 Å². The second-order valence-electron chi connectivity index (χ2n) is 4.63. The molecule has 0 heterocycles. The average molecular weight is 222 g/mol. The molecule has 0 spiro atoms. The molecule has 0 aliphatic heterocycles. The highest BCUT2D eigenvalue weighted by molar-refractivity contribution is 5.29. The Morgan fingerprint density at radius 1 is 1.25 bits per heavy atom. The van der Waals surface area contributed by atoms with Crippen molar-refractivity contribution in [2.24, 2.45) is 5.92 Å². The van der Waals surface area contributed by atoms with Gasteiger partial charge in [0.1, 0.15) is 5.75 Å². The van der Waals surface area contributed by atoms with Crippen molar-refractivity contribution in [1.82, 2.24) is 0 Å². The summed E-state index contributed by atoms with van der Waals surface area (Å²) >= 11 is 0. The summed E-state index contributed by atoms with van der Waals surface area (Å²) in [5.41, 5.74) is 0.904. The molecule has 0 aromatic heterocycles. The number of ether oxygens (including phenoxy) is 1. The molecule has 1 aromatic carbocycles. The summed E-state index contributed by atoms with van der Waals surface area (Å²) in [4.78, 5) is 0. The fraction of sp³-hybridized carbons (Fsp3) is 0.571. The molecule has 0 saturated heterocycles. The number of hydrogen-bond acceptors (Lipinski definition) is 2. The van der Waals surface area contributed by atoms with Gasteiger partial charge in [-0.25, -0.2) is 0 Å². The highest BCUT2D eigenvalue weighted by Gasteiger charge is 2.02. The Bertz CT molecular complexity index is 305. The molecule has 0 fully saturated rings. The number of rotatable bonds is 6. The minimum atomic E-state index is -0.431. The maximum atomic E-state index is 9.44. The third-order valence-corrected chi connectivity index (χ3v) is 2.54. The molecule has 0 bridgehead atoms. The fourth-order valence-corrected chi connectivity index (χ4v) is 1.55. The second kappa shape index (κ2) is 6.54. The molecule has 2 heteroatoms. The second-order valence-corrected chi connectivity index (χ2v) is 4.63. The van der Waals surface area contributed by atoms with Crippen LogP contribution >= 0.6 is 0 Å². The number of aliphatic hydroxyl groups excluding tert-OH is 1. The van der Waals surface area contributed by atoms with E-state index in [0.29, 0.717) is 0 Å². The molecule has 0 aliphatic carbocycles. The van der Waals surface area contributed by atoms with E-state index in [9.17, 15) is 5.11 Å². The first-order chi connectivity index (χ1) is 7.59. The van der Waals surface area contributed by atoms with E-state index in [1.165, 1.54) is 6.42 Å². The lowest BCUT2D eigenvalue weighted by Gasteiger charge is -2.10. The largest absolute Gasteiger partial charge is 0.494 e. The molecule has 2 nitrogen and oxygen atoms in total. The van der Waals surface area contributed by atoms with Gasteiger partial charge in [-0.1, -0.05) is 26.0 Å². The van der Waals surface area contributed by atoms with Crippen molar-refractivity contribution in [3.8, 4) is 5.75 Å². The summed E-state index contributed by atoms with van der Waals surface area (Å²) in [6.45, 7) is 6.95. The van der Waals surface area contributed by atoms with Crippen molar-refractivity contribution >= 4 is 0 Å². The van der Waals surface area contributed by atoms with Crippen molar-refractivity contribution in [3.05, 3.63) is 29.8 Å². The first-order valence-corrected chi connectivity index (χ1v) is 6.00. The third kappa shape index (κ3) is 4.67. The maximum absolute atomic E-state index is 9.44. The van der Waals surface area contributed by atoms with Gasteiger partial charge in [0.2, 0.25) is 0 Å². The Hall–Kier alpha value is -1.02. The van der Waals surface area contributed by atoms with Gasteiger partial charge in [-0.15, -0.1) is 0 Å². The Morgan fingerprint density at radius 2 is 2.00 bits per heavy atom. The Balaban J connectivity index is 2.39. The lowest BCUT2D eigenvalue weighted by Crippen LogP contribution is -2.00. The zero-order valence-electron chi connectivity index (χ0n) is 10.4. The first kappa shape index (κ1) is 13.0. The van der Waals surface area contributed by atoms with E-state index in [2.05, 4.69) is 13.8 Å². The molecule has 90 valence electrons. The van der Waals surface area contributed by atoms with Crippen LogP contribution < -0.4 is 4.74 Å². The van der Waals surface area contributed by atoms with Crippen LogP contribution in [0.1, 0.15) is 45.3 Å². The molecule has 0 saturated carbocycles. The number of aliphatic hydroxyl groups is 1. The SMILES string of the molecule is CC(C)CCCOc1cccc([C@H](C)O)c1. The number of hydrogen-bond donors (Lipinski definition) is 1. The average Bonchev–Trinajstić information content (AvgIpc) is 2.24. The van der Waals surface area contributed by atoms with Crippen LogP contribution in [0.25, 0.3) is 0 Å². The van der Waals surface area contributed by atoms with Crippen LogP contribution in [0.15, 0.2) is 24.3 Å². The molecule has 1 aromatic rings. The van der Waals surface area contributed by atoms with Gasteiger partial charge in [0.25, 0.3) is 0 Å². The van der Waals surface area contributed by atoms with Crippen LogP contribution in [0.3, 0.4) is 0 Å². The molecule has 16 heavy (non-hydrogen) atoms. The summed E-state index contributed by atoms with van der Waals surface area (Å²) in [6, 6.07) is 7.66. The van der Waals surface area contributed by atoms with Crippen LogP contribution in [-0.4, -0.2) is 11.7 Å². The van der Waals surface area contributed by atoms with E-state index in [1.807, 2.05) is 24.3 Å². The minimum Gasteiger partial charge on any atom is -0.494 e. The predicted octanol–water partition coefficient (Wildman–Crippen LogP) is 3.55. The quantitative estimate of drug-likeness (QED) is 0.746. The fourth-order valence-electron chi connectivity index (χ4n) is 1.55. The highest BCUT2D eigenvalue weighted by atomic mass is 16.5. The van der Waals surface area contributed by atoms with E-state index >= 15 is 0 Å². The van der Waals surface area contributed by atoms with E-state index in [0.717, 1.165) is 30.3 Å². The van der Waals surface area contributed by atoms with Crippen molar-refractivity contribution in [1.29, 1.82) is 0 Å². The monoisotopic (exact) mass is 222 g/mol. The third-order valence-electron chi connectivity index (χ3n) is 2.54. The molecule has 0 unspecified atom stereocenters. The van der Waals surface area contributed by atoms with Gasteiger partial charge in [-0.05, 0) is 43.4 Å². The maximum Gasteiger partial charge on any atom is 0.119 e. The molecule has 1 rings (SSSR count). The zero-order valence-corrected chi connectivity index (χ0v) is 10.4. The molecule has 1 N–H and O–H groups in total. The zero-order chi connectivity index (χ0) is 12.0. The van der Waals surface area contributed by atoms with E-state index < -0.39 is 6.10 Å². The summed E-state index contributed by atoms with van der Waals surface area (Å²) in [5, 5.41) is 9.44. The van der Waals surface area contributed by atoms with E-state index in [-0.39, 0.29) is 0 Å². The standard InChI is InChI=1S/C14H22O2/c1-11(2)6-5-9-16-14-8-4-7-13(10-14)12(3)15/h4,7-8,10-12,15H,5-6,9H2,1-3H3/t12-/m0/s1. The smallest absolute Gasteiger partial charge is 0.119 e. The normalized spacial score (nSPS) is 12.8. The molecular weight excluding hydrogens is 200 g/mol. The van der Waals surface area contributed by atoms with Gasteiger partial charge >= 0.3 is 0 Å². The first-order valence-electron chi connectivity index (χ1n) is 6.00. The van der Waals surface area contributed by atoms with Crippen LogP contribution in [-0.2, 0) is 0 Å². The van der Waals surface area contributed by atoms with Crippen LogP contribution in [0, 0.1) is 5.92 Å². The lowest BCUT2D eigenvalue weighted by molar-refractivity contribution is 0.198. The topological polar surface area (TPSA) is 29.5 Å². The van der Waals surface area contributed by atoms with E-state index in [1.54, 1.807) is 6.92 Å². The summed E-state index contributed by atoms with van der Waals surface area (Å²) in [6.07, 6.45) is 1.84. The van der Waals surface area contributed by atoms with Gasteiger partial charge in [-0.3, -0.25) is 0 Å². The van der Waals surface area contributed by atoms with Crippen LogP contribution in [0.4, 0.5) is 0 Å². The van der Waals surface area contributed by atoms with Gasteiger partial charge < -0.3 is 9.84 Å². The van der Waals surface area contributed by atoms with Crippen molar-refractivity contribution in [2.45, 2.75) is 39.7 Å². The van der Waals surface area contributed by atoms with Gasteiger partial charge in [0.05, 0.1) is 12.7 Å². The van der Waals surface area contributed by atoms with Crippen molar-refractivity contribution < 1.29 is 9.84 Å². The lowest BCUT2D eigenvalue weighted by atomic mass is 10.1. The molecule has 0 amide bonds. The minimum absolute atomic E-state index is 0.431. The van der Waals surface area contributed by atoms with Gasteiger partial charge in [0.15, 0.2) is 0 Å². The molecule has 0 radical (unpaired) electrons. The summed E-state index contributed by atoms with van der Waals surface area (Å²) in [7, 11) is 0. The molecule has 0 aliphatic rings. The molecule has 1 atom stereocenters. The Morgan fingerprint density at radius 3 is 2.62 bits per heavy atom. The predicted molar refractivity (Wildman–Crippen MR) is 66.6 cm³/mol. The van der Waals surface area contributed by atoms with Gasteiger partial charge in [0, 0.05) is 0 Å². The van der Waals surface area contributed by atoms with Crippen LogP contribution in [0.5, 0.6) is 5.75 Å².